The Morgan fingerprint density at radius 2 is 1.93 bits per heavy atom. The highest BCUT2D eigenvalue weighted by molar-refractivity contribution is 5.94. The molecule has 0 radical (unpaired) electrons. The molecule has 12 nitrogen and oxygen atoms in total. The smallest absolute Gasteiger partial charge is 0.349 e. The van der Waals surface area contributed by atoms with E-state index in [1.807, 2.05) is 0 Å². The largest absolute Gasteiger partial charge is 0.497 e. The van der Waals surface area contributed by atoms with Crippen LogP contribution < -0.4 is 26.6 Å². The van der Waals surface area contributed by atoms with Gasteiger partial charge < -0.3 is 26.0 Å². The fraction of sp³-hybridized carbons (Fsp3) is 0.222. The van der Waals surface area contributed by atoms with Crippen molar-refractivity contribution < 1.29 is 28.2 Å². The number of rotatable bonds is 10. The summed E-state index contributed by atoms with van der Waals surface area (Å²) in [6.45, 7) is -0.0632. The molecule has 41 heavy (non-hydrogen) atoms. The molecule has 2 aromatic heterocycles. The molecule has 7 N–H and O–H groups in total. The second kappa shape index (κ2) is 13.7. The van der Waals surface area contributed by atoms with Crippen molar-refractivity contribution in [1.29, 1.82) is 5.41 Å². The summed E-state index contributed by atoms with van der Waals surface area (Å²) >= 11 is 0. The number of hydrogen-bond acceptors (Lipinski definition) is 8. The van der Waals surface area contributed by atoms with Gasteiger partial charge in [-0.1, -0.05) is 24.3 Å². The number of aromatic amines is 1. The maximum atomic E-state index is 15.7. The van der Waals surface area contributed by atoms with Crippen molar-refractivity contribution in [3.63, 3.8) is 0 Å². The second-order valence-electron chi connectivity index (χ2n) is 8.60. The summed E-state index contributed by atoms with van der Waals surface area (Å²) in [5, 5.41) is 19.4. The van der Waals surface area contributed by atoms with Crippen LogP contribution in [0.5, 0.6) is 11.5 Å². The number of aliphatic carboxylic acids is 1. The number of nitrogens with two attached hydrogens (primary N) is 2. The summed E-state index contributed by atoms with van der Waals surface area (Å²) < 4.78 is 40.1. The first-order valence-electron chi connectivity index (χ1n) is 12.1. The number of carboxylic acids is 1. The van der Waals surface area contributed by atoms with Crippen LogP contribution in [0, 0.1) is 11.2 Å². The number of methoxy groups -OCH3 is 1. The van der Waals surface area contributed by atoms with Gasteiger partial charge in [-0.2, -0.15) is 4.68 Å². The van der Waals surface area contributed by atoms with E-state index >= 15 is 4.39 Å². The standard InChI is InChI=1S/C25H25F2N7O3.C2H4O2/c1-36-16-12-17(21(27)20(13-16)37-10-8-26)18(11-14-4-6-15(7-5-14)22(29)30)23-32-25(35)34(33-23)24-19(28)3-2-9-31-24;1-2(3)4/h2-7,9,12-13,18H,8,10-11,28H2,1H3,(H3,29,30)(H,32,33,35);1H3,(H,3,4). The third kappa shape index (κ3) is 7.65. The number of nitrogens with one attached hydrogen (secondary N) is 2. The normalized spacial score (nSPS) is 11.2. The molecule has 1 unspecified atom stereocenters. The lowest BCUT2D eigenvalue weighted by atomic mass is 9.90. The maximum Gasteiger partial charge on any atom is 0.349 e. The van der Waals surface area contributed by atoms with E-state index in [4.69, 9.17) is 36.3 Å². The first-order chi connectivity index (χ1) is 19.5. The zero-order valence-electron chi connectivity index (χ0n) is 22.2. The second-order valence-corrected chi connectivity index (χ2v) is 8.60. The van der Waals surface area contributed by atoms with Gasteiger partial charge in [0.1, 0.15) is 30.7 Å². The molecule has 0 fully saturated rings. The number of carboxylic acid groups (broad SMARTS) is 1. The molecular formula is C27H29F2N7O5. The first-order valence-corrected chi connectivity index (χ1v) is 12.1. The van der Waals surface area contributed by atoms with Crippen molar-refractivity contribution in [1.82, 2.24) is 19.7 Å². The molecule has 0 aliphatic rings. The number of nitrogen functional groups attached to an aromatic ring is 2. The molecule has 0 amide bonds. The fourth-order valence-electron chi connectivity index (χ4n) is 3.86. The number of amidine groups is 1. The van der Waals surface area contributed by atoms with E-state index in [1.54, 1.807) is 36.4 Å². The minimum absolute atomic E-state index is 0.0902. The lowest BCUT2D eigenvalue weighted by Gasteiger charge is -2.19. The van der Waals surface area contributed by atoms with Gasteiger partial charge >= 0.3 is 5.69 Å². The van der Waals surface area contributed by atoms with Gasteiger partial charge in [0.2, 0.25) is 0 Å². The molecule has 0 aliphatic carbocycles. The molecular weight excluding hydrogens is 540 g/mol. The van der Waals surface area contributed by atoms with Crippen molar-refractivity contribution in [2.75, 3.05) is 26.1 Å². The minimum atomic E-state index is -0.833. The molecule has 0 saturated carbocycles. The summed E-state index contributed by atoms with van der Waals surface area (Å²) in [4.78, 5) is 28.7. The number of ether oxygens (including phenoxy) is 2. The van der Waals surface area contributed by atoms with Gasteiger partial charge in [-0.15, -0.1) is 5.10 Å². The Kier molecular flexibility index (Phi) is 10.1. The van der Waals surface area contributed by atoms with E-state index in [0.29, 0.717) is 5.56 Å². The Labute approximate surface area is 233 Å². The summed E-state index contributed by atoms with van der Waals surface area (Å²) in [5.74, 6) is -2.16. The van der Waals surface area contributed by atoms with Crippen LogP contribution >= 0.6 is 0 Å². The molecule has 4 rings (SSSR count). The Morgan fingerprint density at radius 3 is 2.51 bits per heavy atom. The Bertz CT molecular complexity index is 1570. The zero-order chi connectivity index (χ0) is 30.1. The van der Waals surface area contributed by atoms with E-state index < -0.39 is 30.1 Å². The predicted octanol–water partition coefficient (Wildman–Crippen LogP) is 2.78. The van der Waals surface area contributed by atoms with Crippen molar-refractivity contribution in [3.8, 4) is 17.3 Å². The van der Waals surface area contributed by atoms with E-state index in [0.717, 1.165) is 17.2 Å². The highest BCUT2D eigenvalue weighted by Crippen LogP contribution is 2.36. The van der Waals surface area contributed by atoms with Gasteiger partial charge in [0.15, 0.2) is 17.4 Å². The van der Waals surface area contributed by atoms with Gasteiger partial charge in [-0.25, -0.2) is 18.6 Å². The molecule has 0 spiro atoms. The van der Waals surface area contributed by atoms with Crippen LogP contribution in [-0.4, -0.2) is 57.1 Å². The fourth-order valence-corrected chi connectivity index (χ4v) is 3.86. The van der Waals surface area contributed by atoms with Crippen LogP contribution in [0.25, 0.3) is 5.82 Å². The number of anilines is 1. The van der Waals surface area contributed by atoms with Crippen molar-refractivity contribution >= 4 is 17.5 Å². The number of alkyl halides is 1. The lowest BCUT2D eigenvalue weighted by molar-refractivity contribution is -0.134. The maximum absolute atomic E-state index is 15.7. The number of nitrogens with zero attached hydrogens (tertiary/aromatic N) is 3. The van der Waals surface area contributed by atoms with Crippen LogP contribution in [0.4, 0.5) is 14.5 Å². The van der Waals surface area contributed by atoms with E-state index in [-0.39, 0.29) is 53.3 Å². The average molecular weight is 570 g/mol. The molecule has 14 heteroatoms. The minimum Gasteiger partial charge on any atom is -0.497 e. The highest BCUT2D eigenvalue weighted by atomic mass is 19.1. The van der Waals surface area contributed by atoms with Gasteiger partial charge in [-0.05, 0) is 30.2 Å². The van der Waals surface area contributed by atoms with E-state index in [1.165, 1.54) is 25.4 Å². The third-order valence-electron chi connectivity index (χ3n) is 5.67. The Balaban J connectivity index is 0.00000108. The van der Waals surface area contributed by atoms with Crippen molar-refractivity contribution in [3.05, 3.63) is 93.5 Å². The van der Waals surface area contributed by atoms with Crippen LogP contribution in [0.15, 0.2) is 59.5 Å². The summed E-state index contributed by atoms with van der Waals surface area (Å²) in [5.41, 5.74) is 12.5. The van der Waals surface area contributed by atoms with Gasteiger partial charge in [0.05, 0.1) is 18.7 Å². The summed E-state index contributed by atoms with van der Waals surface area (Å²) in [6.07, 6.45) is 1.66. The molecule has 0 aliphatic heterocycles. The van der Waals surface area contributed by atoms with Crippen LogP contribution in [-0.2, 0) is 11.2 Å². The number of benzene rings is 2. The van der Waals surface area contributed by atoms with E-state index in [2.05, 4.69) is 15.1 Å². The van der Waals surface area contributed by atoms with Crippen LogP contribution in [0.2, 0.25) is 0 Å². The molecule has 1 atom stereocenters. The zero-order valence-corrected chi connectivity index (χ0v) is 22.2. The van der Waals surface area contributed by atoms with E-state index in [9.17, 15) is 9.18 Å². The molecule has 0 bridgehead atoms. The van der Waals surface area contributed by atoms with Gasteiger partial charge in [0.25, 0.3) is 5.97 Å². The number of H-pyrrole nitrogens is 1. The average Bonchev–Trinajstić information content (AvgIpc) is 3.32. The molecule has 0 saturated heterocycles. The number of halogens is 2. The first kappa shape index (κ1) is 30.3. The van der Waals surface area contributed by atoms with Crippen molar-refractivity contribution in [2.45, 2.75) is 19.3 Å². The van der Waals surface area contributed by atoms with Gasteiger partial charge in [0, 0.05) is 30.3 Å². The Hall–Kier alpha value is -5.27. The number of carbonyl (C=O) groups is 1. The number of hydrogen-bond donors (Lipinski definition) is 5. The van der Waals surface area contributed by atoms with Gasteiger partial charge in [-0.3, -0.25) is 15.2 Å². The number of aromatic nitrogens is 4. The monoisotopic (exact) mass is 569 g/mol. The molecule has 4 aromatic rings. The van der Waals surface area contributed by atoms with Crippen LogP contribution in [0.3, 0.4) is 0 Å². The number of pyridine rings is 1. The Morgan fingerprint density at radius 1 is 1.24 bits per heavy atom. The molecule has 2 heterocycles. The third-order valence-corrected chi connectivity index (χ3v) is 5.67. The molecule has 216 valence electrons. The highest BCUT2D eigenvalue weighted by Gasteiger charge is 2.27. The van der Waals surface area contributed by atoms with Crippen LogP contribution in [0.1, 0.15) is 35.4 Å². The predicted molar refractivity (Wildman–Crippen MR) is 147 cm³/mol. The quantitative estimate of drug-likeness (QED) is 0.141. The summed E-state index contributed by atoms with van der Waals surface area (Å²) in [6, 6.07) is 12.8. The lowest BCUT2D eigenvalue weighted by Crippen LogP contribution is -2.18. The van der Waals surface area contributed by atoms with Crippen molar-refractivity contribution in [2.24, 2.45) is 5.73 Å². The SMILES string of the molecule is CC(=O)O.COc1cc(OCCF)c(F)c(C(Cc2ccc(C(=N)N)cc2)c2nn(-c3ncccc3N)c(=O)[nH]2)c1. The topological polar surface area (TPSA) is 195 Å². The summed E-state index contributed by atoms with van der Waals surface area (Å²) in [7, 11) is 1.41. The molecule has 2 aromatic carbocycles.